The summed E-state index contributed by atoms with van der Waals surface area (Å²) in [6, 6.07) is -0.231. The largest absolute Gasteiger partial charge is 0.481 e. The Morgan fingerprint density at radius 1 is 1.47 bits per heavy atom. The lowest BCUT2D eigenvalue weighted by atomic mass is 10.2. The molecule has 2 N–H and O–H groups in total. The third-order valence-corrected chi connectivity index (χ3v) is 3.16. The second kappa shape index (κ2) is 7.99. The molecule has 1 aliphatic rings. The summed E-state index contributed by atoms with van der Waals surface area (Å²) in [7, 11) is 0. The van der Waals surface area contributed by atoms with Crippen molar-refractivity contribution in [1.29, 1.82) is 0 Å². The Hall–Kier alpha value is -1.30. The van der Waals surface area contributed by atoms with Crippen LogP contribution >= 0.6 is 0 Å². The predicted molar refractivity (Wildman–Crippen MR) is 71.0 cm³/mol. The molecule has 0 spiro atoms. The van der Waals surface area contributed by atoms with Crippen LogP contribution in [0.15, 0.2) is 0 Å². The summed E-state index contributed by atoms with van der Waals surface area (Å²) in [5.41, 5.74) is 0. The average molecular weight is 272 g/mol. The second-order valence-corrected chi connectivity index (χ2v) is 5.03. The monoisotopic (exact) mass is 272 g/mol. The van der Waals surface area contributed by atoms with E-state index in [2.05, 4.69) is 5.32 Å². The predicted octanol–water partition coefficient (Wildman–Crippen LogP) is 1.17. The molecule has 1 unspecified atom stereocenters. The van der Waals surface area contributed by atoms with Gasteiger partial charge in [-0.1, -0.05) is 6.92 Å². The molecule has 0 aliphatic heterocycles. The molecule has 110 valence electrons. The van der Waals surface area contributed by atoms with Crippen molar-refractivity contribution in [1.82, 2.24) is 10.2 Å². The van der Waals surface area contributed by atoms with Crippen LogP contribution in [0.25, 0.3) is 0 Å². The van der Waals surface area contributed by atoms with E-state index in [0.717, 1.165) is 12.5 Å². The summed E-state index contributed by atoms with van der Waals surface area (Å²) in [4.78, 5) is 24.1. The van der Waals surface area contributed by atoms with Crippen LogP contribution < -0.4 is 5.32 Å². The van der Waals surface area contributed by atoms with E-state index in [0.29, 0.717) is 19.7 Å². The maximum Gasteiger partial charge on any atom is 0.317 e. The third-order valence-electron chi connectivity index (χ3n) is 3.16. The number of carbonyl (C=O) groups excluding carboxylic acids is 1. The van der Waals surface area contributed by atoms with Gasteiger partial charge in [0, 0.05) is 26.2 Å². The first-order valence-electron chi connectivity index (χ1n) is 6.87. The molecule has 1 aliphatic carbocycles. The number of rotatable bonds is 9. The van der Waals surface area contributed by atoms with Crippen molar-refractivity contribution in [3.63, 3.8) is 0 Å². The van der Waals surface area contributed by atoms with Gasteiger partial charge in [0.25, 0.3) is 0 Å². The highest BCUT2D eigenvalue weighted by molar-refractivity contribution is 5.75. The van der Waals surface area contributed by atoms with Crippen molar-refractivity contribution in [3.05, 3.63) is 0 Å². The first-order chi connectivity index (χ1) is 9.04. The van der Waals surface area contributed by atoms with Gasteiger partial charge in [-0.15, -0.1) is 0 Å². The molecule has 0 aromatic rings. The topological polar surface area (TPSA) is 78.9 Å². The Morgan fingerprint density at radius 3 is 2.68 bits per heavy atom. The quantitative estimate of drug-likeness (QED) is 0.617. The number of hydrogen-bond acceptors (Lipinski definition) is 3. The van der Waals surface area contributed by atoms with Crippen LogP contribution in [-0.4, -0.2) is 54.9 Å². The van der Waals surface area contributed by atoms with Crippen molar-refractivity contribution < 1.29 is 19.4 Å². The highest BCUT2D eigenvalue weighted by atomic mass is 16.5. The lowest BCUT2D eigenvalue weighted by Gasteiger charge is -2.23. The van der Waals surface area contributed by atoms with Gasteiger partial charge in [-0.25, -0.2) is 4.79 Å². The van der Waals surface area contributed by atoms with Gasteiger partial charge in [0.05, 0.1) is 12.5 Å². The Morgan fingerprint density at radius 2 is 2.16 bits per heavy atom. The Kier molecular flexibility index (Phi) is 6.62. The van der Waals surface area contributed by atoms with Gasteiger partial charge in [-0.2, -0.15) is 0 Å². The number of aliphatic carboxylic acids is 1. The number of nitrogens with one attached hydrogen (secondary N) is 1. The minimum Gasteiger partial charge on any atom is -0.481 e. The van der Waals surface area contributed by atoms with Crippen molar-refractivity contribution in [2.24, 2.45) is 11.8 Å². The summed E-state index contributed by atoms with van der Waals surface area (Å²) in [5, 5.41) is 11.6. The van der Waals surface area contributed by atoms with Crippen molar-refractivity contribution >= 4 is 12.0 Å². The molecule has 6 nitrogen and oxygen atoms in total. The normalized spacial score (nSPS) is 15.9. The summed E-state index contributed by atoms with van der Waals surface area (Å²) in [5.74, 6) is -0.727. The number of carbonyl (C=O) groups is 2. The highest BCUT2D eigenvalue weighted by Gasteiger charge is 2.21. The average Bonchev–Trinajstić information content (AvgIpc) is 3.18. The molecule has 2 amide bonds. The second-order valence-electron chi connectivity index (χ2n) is 5.03. The molecule has 1 rings (SSSR count). The summed E-state index contributed by atoms with van der Waals surface area (Å²) < 4.78 is 5.41. The van der Waals surface area contributed by atoms with Gasteiger partial charge < -0.3 is 20.1 Å². The van der Waals surface area contributed by atoms with Gasteiger partial charge in [0.15, 0.2) is 0 Å². The van der Waals surface area contributed by atoms with E-state index < -0.39 is 11.9 Å². The molecule has 0 heterocycles. The minimum atomic E-state index is -0.890. The fraction of sp³-hybridized carbons (Fsp3) is 0.846. The smallest absolute Gasteiger partial charge is 0.317 e. The lowest BCUT2D eigenvalue weighted by molar-refractivity contribution is -0.141. The molecular weight excluding hydrogens is 248 g/mol. The van der Waals surface area contributed by atoms with Gasteiger partial charge >= 0.3 is 12.0 Å². The molecule has 1 saturated carbocycles. The van der Waals surface area contributed by atoms with Crippen molar-refractivity contribution in [2.75, 3.05) is 32.8 Å². The van der Waals surface area contributed by atoms with Crippen LogP contribution in [0, 0.1) is 11.8 Å². The molecular formula is C13H24N2O4. The molecule has 0 aromatic carbocycles. The molecule has 0 aromatic heterocycles. The molecule has 6 heteroatoms. The summed E-state index contributed by atoms with van der Waals surface area (Å²) in [6.45, 7) is 5.89. The number of hydrogen-bond donors (Lipinski definition) is 2. The maximum absolute atomic E-state index is 11.8. The number of carboxylic acid groups (broad SMARTS) is 1. The van der Waals surface area contributed by atoms with Crippen LogP contribution in [0.1, 0.15) is 26.7 Å². The Balaban J connectivity index is 2.14. The zero-order chi connectivity index (χ0) is 14.3. The molecule has 0 bridgehead atoms. The number of ether oxygens (including phenoxy) is 1. The van der Waals surface area contributed by atoms with E-state index in [1.54, 1.807) is 6.92 Å². The van der Waals surface area contributed by atoms with E-state index in [1.165, 1.54) is 17.7 Å². The SMILES string of the molecule is CCN(CC(C)C(=O)O)C(=O)NCCOCC1CC1. The number of carboxylic acids is 1. The van der Waals surface area contributed by atoms with Gasteiger partial charge in [-0.05, 0) is 25.7 Å². The minimum absolute atomic E-state index is 0.223. The number of urea groups is 1. The van der Waals surface area contributed by atoms with Gasteiger partial charge in [-0.3, -0.25) is 4.79 Å². The van der Waals surface area contributed by atoms with Crippen LogP contribution in [0.5, 0.6) is 0 Å². The van der Waals surface area contributed by atoms with Crippen LogP contribution in [0.4, 0.5) is 4.79 Å². The molecule has 0 saturated heterocycles. The first-order valence-corrected chi connectivity index (χ1v) is 6.87. The molecule has 19 heavy (non-hydrogen) atoms. The fourth-order valence-electron chi connectivity index (χ4n) is 1.64. The molecule has 0 radical (unpaired) electrons. The molecule has 1 fully saturated rings. The van der Waals surface area contributed by atoms with Crippen molar-refractivity contribution in [2.45, 2.75) is 26.7 Å². The van der Waals surface area contributed by atoms with E-state index in [4.69, 9.17) is 9.84 Å². The fourth-order valence-corrected chi connectivity index (χ4v) is 1.64. The van der Waals surface area contributed by atoms with Crippen LogP contribution in [0.3, 0.4) is 0 Å². The van der Waals surface area contributed by atoms with Gasteiger partial charge in [0.1, 0.15) is 0 Å². The highest BCUT2D eigenvalue weighted by Crippen LogP contribution is 2.28. The van der Waals surface area contributed by atoms with Crippen LogP contribution in [0.2, 0.25) is 0 Å². The van der Waals surface area contributed by atoms with Crippen molar-refractivity contribution in [3.8, 4) is 0 Å². The Bertz CT molecular complexity index is 305. The summed E-state index contributed by atoms with van der Waals surface area (Å²) in [6.07, 6.45) is 2.51. The maximum atomic E-state index is 11.8. The zero-order valence-electron chi connectivity index (χ0n) is 11.7. The van der Waals surface area contributed by atoms with E-state index in [9.17, 15) is 9.59 Å². The van der Waals surface area contributed by atoms with Gasteiger partial charge in [0.2, 0.25) is 0 Å². The zero-order valence-corrected chi connectivity index (χ0v) is 11.7. The number of nitrogens with zero attached hydrogens (tertiary/aromatic N) is 1. The van der Waals surface area contributed by atoms with E-state index >= 15 is 0 Å². The van der Waals surface area contributed by atoms with Crippen LogP contribution in [-0.2, 0) is 9.53 Å². The lowest BCUT2D eigenvalue weighted by Crippen LogP contribution is -2.44. The van der Waals surface area contributed by atoms with E-state index in [-0.39, 0.29) is 12.6 Å². The number of amides is 2. The third kappa shape index (κ3) is 6.42. The van der Waals surface area contributed by atoms with E-state index in [1.807, 2.05) is 6.92 Å². The Labute approximate surface area is 114 Å². The first kappa shape index (κ1) is 15.8. The molecule has 1 atom stereocenters. The standard InChI is InChI=1S/C13H24N2O4/c1-3-15(8-10(2)12(16)17)13(18)14-6-7-19-9-11-4-5-11/h10-11H,3-9H2,1-2H3,(H,14,18)(H,16,17). The summed E-state index contributed by atoms with van der Waals surface area (Å²) >= 11 is 0.